The first kappa shape index (κ1) is 16.7. The molecule has 1 atom stereocenters. The van der Waals surface area contributed by atoms with Crippen molar-refractivity contribution in [2.75, 3.05) is 27.5 Å². The molecule has 0 heterocycles. The minimum Gasteiger partial charge on any atom is -0.493 e. The number of ether oxygens (including phenoxy) is 2. The van der Waals surface area contributed by atoms with Crippen LogP contribution in [0.5, 0.6) is 11.5 Å². The summed E-state index contributed by atoms with van der Waals surface area (Å²) in [5.74, 6) is 1.37. The van der Waals surface area contributed by atoms with Crippen LogP contribution in [0.1, 0.15) is 12.5 Å². The Balaban J connectivity index is 2.90. The van der Waals surface area contributed by atoms with Gasteiger partial charge >= 0.3 is 0 Å². The molecule has 0 spiro atoms. The van der Waals surface area contributed by atoms with Gasteiger partial charge in [0.2, 0.25) is 5.91 Å². The second kappa shape index (κ2) is 8.01. The van der Waals surface area contributed by atoms with E-state index in [4.69, 9.17) is 9.47 Å². The van der Waals surface area contributed by atoms with Crippen LogP contribution >= 0.6 is 11.8 Å². The Hall–Kier alpha value is -1.40. The highest BCUT2D eigenvalue weighted by atomic mass is 32.2. The van der Waals surface area contributed by atoms with Gasteiger partial charge in [-0.2, -0.15) is 0 Å². The van der Waals surface area contributed by atoms with Gasteiger partial charge < -0.3 is 20.1 Å². The smallest absolute Gasteiger partial charge is 0.236 e. The van der Waals surface area contributed by atoms with Crippen molar-refractivity contribution in [3.63, 3.8) is 0 Å². The van der Waals surface area contributed by atoms with Crippen LogP contribution in [-0.4, -0.2) is 39.5 Å². The Morgan fingerprint density at radius 3 is 2.40 bits per heavy atom. The lowest BCUT2D eigenvalue weighted by atomic mass is 10.2. The van der Waals surface area contributed by atoms with E-state index in [0.29, 0.717) is 18.0 Å². The second-order valence-corrected chi connectivity index (χ2v) is 5.08. The van der Waals surface area contributed by atoms with Crippen LogP contribution in [0.3, 0.4) is 0 Å². The van der Waals surface area contributed by atoms with Gasteiger partial charge in [0.15, 0.2) is 11.5 Å². The zero-order valence-electron chi connectivity index (χ0n) is 12.6. The molecular weight excluding hydrogens is 276 g/mol. The van der Waals surface area contributed by atoms with Gasteiger partial charge in [-0.15, -0.1) is 11.8 Å². The number of rotatable bonds is 7. The zero-order valence-corrected chi connectivity index (χ0v) is 13.4. The summed E-state index contributed by atoms with van der Waals surface area (Å²) in [4.78, 5) is 12.6. The predicted octanol–water partition coefficient (Wildman–Crippen LogP) is 1.65. The van der Waals surface area contributed by atoms with Crippen LogP contribution in [0.25, 0.3) is 0 Å². The van der Waals surface area contributed by atoms with E-state index in [9.17, 15) is 4.79 Å². The highest BCUT2D eigenvalue weighted by Gasteiger charge is 2.14. The number of hydrogen-bond acceptors (Lipinski definition) is 5. The minimum atomic E-state index is -0.247. The van der Waals surface area contributed by atoms with E-state index in [2.05, 4.69) is 10.6 Å². The van der Waals surface area contributed by atoms with Gasteiger partial charge in [0.05, 0.1) is 20.3 Å². The standard InChI is InChI=1S/C14H22N2O3S/c1-9(14(17)15-2)16-8-10-6-11(18-3)12(19-4)7-13(10)20-5/h6-7,9,16H,8H2,1-5H3,(H,15,17). The van der Waals surface area contributed by atoms with E-state index in [0.717, 1.165) is 10.5 Å². The Labute approximate surface area is 124 Å². The number of hydrogen-bond donors (Lipinski definition) is 2. The number of carbonyl (C=O) groups excluding carboxylic acids is 1. The first-order chi connectivity index (χ1) is 9.57. The molecule has 20 heavy (non-hydrogen) atoms. The van der Waals surface area contributed by atoms with Crippen molar-refractivity contribution in [1.82, 2.24) is 10.6 Å². The number of nitrogens with one attached hydrogen (secondary N) is 2. The molecule has 112 valence electrons. The third-order valence-electron chi connectivity index (χ3n) is 3.02. The van der Waals surface area contributed by atoms with Gasteiger partial charge in [0, 0.05) is 18.5 Å². The molecule has 0 bridgehead atoms. The maximum Gasteiger partial charge on any atom is 0.236 e. The fraction of sp³-hybridized carbons (Fsp3) is 0.500. The Morgan fingerprint density at radius 1 is 1.30 bits per heavy atom. The SMILES string of the molecule is CNC(=O)C(C)NCc1cc(OC)c(OC)cc1SC. The summed E-state index contributed by atoms with van der Waals surface area (Å²) in [7, 11) is 4.86. The average molecular weight is 298 g/mol. The van der Waals surface area contributed by atoms with E-state index >= 15 is 0 Å². The van der Waals surface area contributed by atoms with Crippen molar-refractivity contribution in [2.24, 2.45) is 0 Å². The quantitative estimate of drug-likeness (QED) is 0.750. The van der Waals surface area contributed by atoms with E-state index < -0.39 is 0 Å². The molecule has 1 rings (SSSR count). The monoisotopic (exact) mass is 298 g/mol. The number of carbonyl (C=O) groups is 1. The molecule has 5 nitrogen and oxygen atoms in total. The van der Waals surface area contributed by atoms with Crippen LogP contribution in [0.2, 0.25) is 0 Å². The molecule has 2 N–H and O–H groups in total. The summed E-state index contributed by atoms with van der Waals surface area (Å²) in [6.07, 6.45) is 2.01. The molecule has 0 saturated heterocycles. The molecular formula is C14H22N2O3S. The number of benzene rings is 1. The highest BCUT2D eigenvalue weighted by Crippen LogP contribution is 2.34. The lowest BCUT2D eigenvalue weighted by molar-refractivity contribution is -0.122. The summed E-state index contributed by atoms with van der Waals surface area (Å²) in [5.41, 5.74) is 1.07. The number of likely N-dealkylation sites (N-methyl/N-ethyl adjacent to an activating group) is 1. The van der Waals surface area contributed by atoms with E-state index in [-0.39, 0.29) is 11.9 Å². The highest BCUT2D eigenvalue weighted by molar-refractivity contribution is 7.98. The molecule has 0 aliphatic carbocycles. The molecule has 0 radical (unpaired) electrons. The van der Waals surface area contributed by atoms with Crippen LogP contribution in [0.15, 0.2) is 17.0 Å². The Morgan fingerprint density at radius 2 is 1.90 bits per heavy atom. The molecule has 0 fully saturated rings. The predicted molar refractivity (Wildman–Crippen MR) is 81.7 cm³/mol. The van der Waals surface area contributed by atoms with Gasteiger partial charge in [-0.3, -0.25) is 4.79 Å². The Bertz CT molecular complexity index is 466. The van der Waals surface area contributed by atoms with Crippen molar-refractivity contribution in [2.45, 2.75) is 24.4 Å². The molecule has 6 heteroatoms. The van der Waals surface area contributed by atoms with E-state index in [1.165, 1.54) is 0 Å². The van der Waals surface area contributed by atoms with Gasteiger partial charge in [-0.05, 0) is 30.9 Å². The maximum atomic E-state index is 11.5. The topological polar surface area (TPSA) is 59.6 Å². The summed E-state index contributed by atoms with van der Waals surface area (Å²) in [6, 6.07) is 3.64. The van der Waals surface area contributed by atoms with Crippen molar-refractivity contribution in [1.29, 1.82) is 0 Å². The van der Waals surface area contributed by atoms with E-state index in [1.54, 1.807) is 33.0 Å². The summed E-state index contributed by atoms with van der Waals surface area (Å²) >= 11 is 1.63. The van der Waals surface area contributed by atoms with Crippen molar-refractivity contribution >= 4 is 17.7 Å². The van der Waals surface area contributed by atoms with Crippen molar-refractivity contribution in [3.05, 3.63) is 17.7 Å². The first-order valence-corrected chi connectivity index (χ1v) is 7.53. The largest absolute Gasteiger partial charge is 0.493 e. The van der Waals surface area contributed by atoms with Gasteiger partial charge in [-0.1, -0.05) is 0 Å². The fourth-order valence-electron chi connectivity index (χ4n) is 1.80. The maximum absolute atomic E-state index is 11.5. The van der Waals surface area contributed by atoms with Crippen LogP contribution in [0, 0.1) is 0 Å². The molecule has 0 aliphatic rings. The van der Waals surface area contributed by atoms with E-state index in [1.807, 2.05) is 25.3 Å². The molecule has 0 aliphatic heterocycles. The normalized spacial score (nSPS) is 11.8. The number of methoxy groups -OCH3 is 2. The van der Waals surface area contributed by atoms with Crippen LogP contribution < -0.4 is 20.1 Å². The lowest BCUT2D eigenvalue weighted by Gasteiger charge is -2.16. The molecule has 1 amide bonds. The zero-order chi connectivity index (χ0) is 15.1. The summed E-state index contributed by atoms with van der Waals surface area (Å²) in [5, 5.41) is 5.81. The molecule has 1 unspecified atom stereocenters. The third-order valence-corrected chi connectivity index (χ3v) is 3.84. The average Bonchev–Trinajstić information content (AvgIpc) is 2.50. The summed E-state index contributed by atoms with van der Waals surface area (Å²) in [6.45, 7) is 2.42. The molecule has 0 saturated carbocycles. The van der Waals surface area contributed by atoms with Crippen molar-refractivity contribution < 1.29 is 14.3 Å². The summed E-state index contributed by atoms with van der Waals surface area (Å²) < 4.78 is 10.6. The van der Waals surface area contributed by atoms with Crippen LogP contribution in [0.4, 0.5) is 0 Å². The van der Waals surface area contributed by atoms with Crippen LogP contribution in [-0.2, 0) is 11.3 Å². The lowest BCUT2D eigenvalue weighted by Crippen LogP contribution is -2.40. The number of amides is 1. The van der Waals surface area contributed by atoms with Gasteiger partial charge in [-0.25, -0.2) is 0 Å². The minimum absolute atomic E-state index is 0.0313. The molecule has 1 aromatic carbocycles. The van der Waals surface area contributed by atoms with Gasteiger partial charge in [0.25, 0.3) is 0 Å². The van der Waals surface area contributed by atoms with Crippen molar-refractivity contribution in [3.8, 4) is 11.5 Å². The fourth-order valence-corrected chi connectivity index (χ4v) is 2.42. The third kappa shape index (κ3) is 4.05. The molecule has 0 aromatic heterocycles. The first-order valence-electron chi connectivity index (χ1n) is 6.31. The second-order valence-electron chi connectivity index (χ2n) is 4.24. The number of thioether (sulfide) groups is 1. The Kier molecular flexibility index (Phi) is 6.67. The van der Waals surface area contributed by atoms with Gasteiger partial charge in [0.1, 0.15) is 0 Å². The molecule has 1 aromatic rings.